The lowest BCUT2D eigenvalue weighted by molar-refractivity contribution is 0.393. The molecule has 0 fully saturated rings. The van der Waals surface area contributed by atoms with E-state index in [0.717, 1.165) is 27.7 Å². The van der Waals surface area contributed by atoms with Gasteiger partial charge in [-0.2, -0.15) is 0 Å². The maximum atomic E-state index is 6.61. The van der Waals surface area contributed by atoms with Crippen LogP contribution in [0, 0.1) is 6.92 Å². The number of nitrogens with two attached hydrogens (primary N) is 1. The van der Waals surface area contributed by atoms with Crippen molar-refractivity contribution in [3.63, 3.8) is 0 Å². The minimum absolute atomic E-state index is 0.151. The first-order chi connectivity index (χ1) is 12.4. The van der Waals surface area contributed by atoms with E-state index in [4.69, 9.17) is 31.8 Å². The molecule has 0 saturated carbocycles. The largest absolute Gasteiger partial charge is 0.496 e. The van der Waals surface area contributed by atoms with Gasteiger partial charge in [0, 0.05) is 28.8 Å². The van der Waals surface area contributed by atoms with Gasteiger partial charge in [0.25, 0.3) is 0 Å². The molecule has 0 amide bonds. The third-order valence-corrected chi connectivity index (χ3v) is 4.67. The predicted molar refractivity (Wildman–Crippen MR) is 104 cm³/mol. The van der Waals surface area contributed by atoms with Crippen molar-refractivity contribution in [2.24, 2.45) is 0 Å². The number of aromatic nitrogens is 3. The Morgan fingerprint density at radius 1 is 1.08 bits per heavy atom. The van der Waals surface area contributed by atoms with Gasteiger partial charge in [-0.25, -0.2) is 9.97 Å². The van der Waals surface area contributed by atoms with Crippen LogP contribution in [-0.4, -0.2) is 29.2 Å². The van der Waals surface area contributed by atoms with E-state index in [1.807, 2.05) is 13.0 Å². The molecule has 136 valence electrons. The monoisotopic (exact) mass is 372 g/mol. The molecule has 0 aliphatic rings. The van der Waals surface area contributed by atoms with Crippen LogP contribution < -0.4 is 15.2 Å². The summed E-state index contributed by atoms with van der Waals surface area (Å²) in [5.41, 5.74) is 9.72. The summed E-state index contributed by atoms with van der Waals surface area (Å²) in [6.07, 6.45) is 1.70. The minimum Gasteiger partial charge on any atom is -0.496 e. The van der Waals surface area contributed by atoms with Crippen LogP contribution in [0.3, 0.4) is 0 Å². The van der Waals surface area contributed by atoms with E-state index in [1.165, 1.54) is 0 Å². The van der Waals surface area contributed by atoms with Gasteiger partial charge in [0.15, 0.2) is 0 Å². The maximum Gasteiger partial charge on any atom is 0.220 e. The van der Waals surface area contributed by atoms with Crippen molar-refractivity contribution in [3.05, 3.63) is 34.6 Å². The van der Waals surface area contributed by atoms with Crippen molar-refractivity contribution in [3.8, 4) is 22.8 Å². The Balaban J connectivity index is 2.38. The number of nitrogen functional groups attached to an aromatic ring is 1. The number of halogens is 1. The fourth-order valence-electron chi connectivity index (χ4n) is 2.98. The van der Waals surface area contributed by atoms with Gasteiger partial charge in [-0.1, -0.05) is 25.4 Å². The predicted octanol–water partition coefficient (Wildman–Crippen LogP) is 4.38. The number of pyridine rings is 1. The van der Waals surface area contributed by atoms with Gasteiger partial charge in [-0.3, -0.25) is 4.98 Å². The van der Waals surface area contributed by atoms with Gasteiger partial charge in [0.05, 0.1) is 36.1 Å². The van der Waals surface area contributed by atoms with Crippen LogP contribution in [0.25, 0.3) is 22.2 Å². The number of rotatable bonds is 4. The maximum absolute atomic E-state index is 6.61. The van der Waals surface area contributed by atoms with Gasteiger partial charge in [-0.05, 0) is 18.9 Å². The quantitative estimate of drug-likeness (QED) is 0.731. The second-order valence-electron chi connectivity index (χ2n) is 6.31. The van der Waals surface area contributed by atoms with Crippen molar-refractivity contribution in [1.29, 1.82) is 0 Å². The molecule has 0 radical (unpaired) electrons. The van der Waals surface area contributed by atoms with Gasteiger partial charge in [0.2, 0.25) is 5.95 Å². The summed E-state index contributed by atoms with van der Waals surface area (Å²) >= 11 is 6.61. The van der Waals surface area contributed by atoms with Crippen LogP contribution in [0.1, 0.15) is 31.0 Å². The summed E-state index contributed by atoms with van der Waals surface area (Å²) in [5, 5.41) is 1.34. The molecule has 0 aliphatic heterocycles. The van der Waals surface area contributed by atoms with Gasteiger partial charge in [-0.15, -0.1) is 0 Å². The summed E-state index contributed by atoms with van der Waals surface area (Å²) in [6, 6.07) is 3.68. The SMILES string of the molecule is COc1cc(OC)c(Cl)c(-c2cc3cnc(N)nc3c(C(C)C)n2)c1C. The first-order valence-electron chi connectivity index (χ1n) is 8.22. The molecular formula is C19H21ClN4O2. The van der Waals surface area contributed by atoms with Crippen LogP contribution in [-0.2, 0) is 0 Å². The first kappa shape index (κ1) is 18.2. The fraction of sp³-hybridized carbons (Fsp3) is 0.316. The second-order valence-corrected chi connectivity index (χ2v) is 6.69. The smallest absolute Gasteiger partial charge is 0.220 e. The van der Waals surface area contributed by atoms with Crippen LogP contribution in [0.2, 0.25) is 5.02 Å². The molecule has 2 heterocycles. The summed E-state index contributed by atoms with van der Waals surface area (Å²) in [5.74, 6) is 1.60. The van der Waals surface area contributed by atoms with Crippen molar-refractivity contribution < 1.29 is 9.47 Å². The number of fused-ring (bicyclic) bond motifs is 1. The first-order valence-corrected chi connectivity index (χ1v) is 8.59. The summed E-state index contributed by atoms with van der Waals surface area (Å²) in [6.45, 7) is 6.06. The van der Waals surface area contributed by atoms with Crippen LogP contribution >= 0.6 is 11.6 Å². The Morgan fingerprint density at radius 3 is 2.38 bits per heavy atom. The lowest BCUT2D eigenvalue weighted by Crippen LogP contribution is -2.03. The van der Waals surface area contributed by atoms with Gasteiger partial charge < -0.3 is 15.2 Å². The van der Waals surface area contributed by atoms with E-state index in [1.54, 1.807) is 26.5 Å². The Hall–Kier alpha value is -2.60. The van der Waals surface area contributed by atoms with Crippen LogP contribution in [0.5, 0.6) is 11.5 Å². The third-order valence-electron chi connectivity index (χ3n) is 4.30. The van der Waals surface area contributed by atoms with E-state index in [9.17, 15) is 0 Å². The topological polar surface area (TPSA) is 83.2 Å². The number of anilines is 1. The molecule has 3 rings (SSSR count). The van der Waals surface area contributed by atoms with Crippen molar-refractivity contribution >= 4 is 28.5 Å². The van der Waals surface area contributed by atoms with E-state index in [-0.39, 0.29) is 11.9 Å². The van der Waals surface area contributed by atoms with Crippen molar-refractivity contribution in [1.82, 2.24) is 15.0 Å². The Morgan fingerprint density at radius 2 is 1.77 bits per heavy atom. The van der Waals surface area contributed by atoms with E-state index in [2.05, 4.69) is 23.8 Å². The number of hydrogen-bond donors (Lipinski definition) is 1. The Bertz CT molecular complexity index is 961. The molecule has 0 spiro atoms. The molecule has 0 unspecified atom stereocenters. The van der Waals surface area contributed by atoms with Crippen molar-refractivity contribution in [2.45, 2.75) is 26.7 Å². The highest BCUT2D eigenvalue weighted by atomic mass is 35.5. The van der Waals surface area contributed by atoms with Gasteiger partial charge in [0.1, 0.15) is 11.5 Å². The third kappa shape index (κ3) is 3.01. The van der Waals surface area contributed by atoms with E-state index >= 15 is 0 Å². The average Bonchev–Trinajstić information content (AvgIpc) is 2.61. The second kappa shape index (κ2) is 6.96. The molecule has 0 aliphatic carbocycles. The zero-order valence-electron chi connectivity index (χ0n) is 15.4. The van der Waals surface area contributed by atoms with Crippen LogP contribution in [0.15, 0.2) is 18.3 Å². The average molecular weight is 373 g/mol. The number of nitrogens with zero attached hydrogens (tertiary/aromatic N) is 3. The normalized spacial score (nSPS) is 11.2. The number of benzene rings is 1. The minimum atomic E-state index is 0.151. The van der Waals surface area contributed by atoms with E-state index in [0.29, 0.717) is 22.2 Å². The zero-order valence-corrected chi connectivity index (χ0v) is 16.2. The molecular weight excluding hydrogens is 352 g/mol. The lowest BCUT2D eigenvalue weighted by Gasteiger charge is -2.17. The highest BCUT2D eigenvalue weighted by Crippen LogP contribution is 2.43. The molecule has 0 saturated heterocycles. The molecule has 3 aromatic rings. The van der Waals surface area contributed by atoms with Gasteiger partial charge >= 0.3 is 0 Å². The van der Waals surface area contributed by atoms with Crippen LogP contribution in [0.4, 0.5) is 5.95 Å². The highest BCUT2D eigenvalue weighted by Gasteiger charge is 2.20. The molecule has 26 heavy (non-hydrogen) atoms. The molecule has 0 atom stereocenters. The molecule has 1 aromatic carbocycles. The molecule has 0 bridgehead atoms. The Kier molecular flexibility index (Phi) is 4.87. The number of ether oxygens (including phenoxy) is 2. The molecule has 6 nitrogen and oxygen atoms in total. The highest BCUT2D eigenvalue weighted by molar-refractivity contribution is 6.35. The summed E-state index contributed by atoms with van der Waals surface area (Å²) < 4.78 is 10.9. The number of hydrogen-bond acceptors (Lipinski definition) is 6. The van der Waals surface area contributed by atoms with Crippen molar-refractivity contribution in [2.75, 3.05) is 20.0 Å². The lowest BCUT2D eigenvalue weighted by atomic mass is 10.00. The van der Waals surface area contributed by atoms with E-state index < -0.39 is 0 Å². The summed E-state index contributed by atoms with van der Waals surface area (Å²) in [7, 11) is 3.19. The fourth-order valence-corrected chi connectivity index (χ4v) is 3.35. The summed E-state index contributed by atoms with van der Waals surface area (Å²) in [4.78, 5) is 13.3. The molecule has 7 heteroatoms. The Labute approximate surface area is 157 Å². The molecule has 2 aromatic heterocycles. The standard InChI is InChI=1S/C19H21ClN4O2/c1-9(2)17-18-11(8-22-19(21)24-18)6-12(23-17)15-10(3)13(25-4)7-14(26-5)16(15)20/h6-9H,1-5H3,(H2,21,22,24). The molecule has 2 N–H and O–H groups in total. The zero-order chi connectivity index (χ0) is 19.0. The number of methoxy groups -OCH3 is 2.